The Labute approximate surface area is 186 Å². The van der Waals surface area contributed by atoms with E-state index in [9.17, 15) is 0 Å². The number of nitrogens with one attached hydrogen (secondary N) is 1. The lowest BCUT2D eigenvalue weighted by Crippen LogP contribution is -2.31. The lowest BCUT2D eigenvalue weighted by atomic mass is 9.97. The second-order valence-electron chi connectivity index (χ2n) is 8.35. The minimum Gasteiger partial charge on any atom is -0.368 e. The molecule has 158 valence electrons. The van der Waals surface area contributed by atoms with E-state index in [4.69, 9.17) is 15.7 Å². The van der Waals surface area contributed by atoms with Crippen molar-refractivity contribution in [3.8, 4) is 11.4 Å². The summed E-state index contributed by atoms with van der Waals surface area (Å²) in [6.07, 6.45) is 9.15. The summed E-state index contributed by atoms with van der Waals surface area (Å²) in [5.74, 6) is 1.65. The van der Waals surface area contributed by atoms with Crippen LogP contribution in [0, 0.1) is 6.92 Å². The normalized spacial score (nSPS) is 14.4. The highest BCUT2D eigenvalue weighted by atomic mass is 32.1. The zero-order valence-electron chi connectivity index (χ0n) is 17.8. The molecule has 1 atom stereocenters. The standard InChI is InChI=1S/C25H27N5S/c1-16-6-8-17(9-7-16)14-19(26)15-28-24-22-20-4-2-3-5-21(20)31-25(22)30-23(29-24)18-10-12-27-13-11-18/h6-13,19H,2-5,14-15,26H2,1H3,(H,28,29,30). The number of hydrogen-bond acceptors (Lipinski definition) is 6. The summed E-state index contributed by atoms with van der Waals surface area (Å²) in [6.45, 7) is 2.77. The smallest absolute Gasteiger partial charge is 0.163 e. The van der Waals surface area contributed by atoms with Crippen LogP contribution in [0.4, 0.5) is 5.82 Å². The predicted molar refractivity (Wildman–Crippen MR) is 129 cm³/mol. The number of hydrogen-bond donors (Lipinski definition) is 2. The van der Waals surface area contributed by atoms with E-state index in [0.29, 0.717) is 6.54 Å². The summed E-state index contributed by atoms with van der Waals surface area (Å²) in [5, 5.41) is 4.77. The van der Waals surface area contributed by atoms with Gasteiger partial charge in [-0.15, -0.1) is 11.3 Å². The molecule has 5 nitrogen and oxygen atoms in total. The summed E-state index contributed by atoms with van der Waals surface area (Å²) in [4.78, 5) is 16.5. The van der Waals surface area contributed by atoms with Crippen LogP contribution in [0.25, 0.3) is 21.6 Å². The molecule has 0 fully saturated rings. The number of pyridine rings is 1. The molecule has 1 aliphatic carbocycles. The fraction of sp³-hybridized carbons (Fsp3) is 0.320. The van der Waals surface area contributed by atoms with Crippen molar-refractivity contribution in [2.24, 2.45) is 5.73 Å². The van der Waals surface area contributed by atoms with Crippen LogP contribution in [0.15, 0.2) is 48.8 Å². The molecule has 31 heavy (non-hydrogen) atoms. The number of nitrogens with zero attached hydrogens (tertiary/aromatic N) is 3. The Morgan fingerprint density at radius 1 is 1.03 bits per heavy atom. The maximum Gasteiger partial charge on any atom is 0.163 e. The first kappa shape index (κ1) is 20.1. The molecule has 3 aromatic heterocycles. The van der Waals surface area contributed by atoms with Gasteiger partial charge in [0.25, 0.3) is 0 Å². The van der Waals surface area contributed by atoms with E-state index in [1.807, 2.05) is 23.5 Å². The molecule has 0 saturated heterocycles. The van der Waals surface area contributed by atoms with Gasteiger partial charge in [0, 0.05) is 35.4 Å². The van der Waals surface area contributed by atoms with E-state index < -0.39 is 0 Å². The third kappa shape index (κ3) is 4.31. The van der Waals surface area contributed by atoms with Gasteiger partial charge in [-0.1, -0.05) is 29.8 Å². The van der Waals surface area contributed by atoms with E-state index in [1.54, 1.807) is 12.4 Å². The monoisotopic (exact) mass is 429 g/mol. The SMILES string of the molecule is Cc1ccc(CC(N)CNc2nc(-c3ccncc3)nc3sc4c(c23)CCCC4)cc1. The number of nitrogens with two attached hydrogens (primary N) is 1. The lowest BCUT2D eigenvalue weighted by Gasteiger charge is -2.16. The molecule has 0 saturated carbocycles. The van der Waals surface area contributed by atoms with Crippen molar-refractivity contribution in [2.45, 2.75) is 45.1 Å². The third-order valence-corrected chi connectivity index (χ3v) is 7.09. The van der Waals surface area contributed by atoms with E-state index in [1.165, 1.54) is 39.8 Å². The van der Waals surface area contributed by atoms with Gasteiger partial charge in [-0.25, -0.2) is 9.97 Å². The predicted octanol–water partition coefficient (Wildman–Crippen LogP) is 4.92. The van der Waals surface area contributed by atoms with Crippen LogP contribution < -0.4 is 11.1 Å². The first-order valence-corrected chi connectivity index (χ1v) is 11.8. The zero-order chi connectivity index (χ0) is 21.2. The van der Waals surface area contributed by atoms with E-state index in [2.05, 4.69) is 41.5 Å². The molecular formula is C25H27N5S. The van der Waals surface area contributed by atoms with Crippen LogP contribution in [0.2, 0.25) is 0 Å². The molecule has 0 radical (unpaired) electrons. The fourth-order valence-electron chi connectivity index (χ4n) is 4.24. The highest BCUT2D eigenvalue weighted by Gasteiger charge is 2.22. The number of benzene rings is 1. The Hall–Kier alpha value is -2.83. The Kier molecular flexibility index (Phi) is 5.66. The van der Waals surface area contributed by atoms with Crippen molar-refractivity contribution in [2.75, 3.05) is 11.9 Å². The van der Waals surface area contributed by atoms with Crippen LogP contribution in [-0.2, 0) is 19.3 Å². The molecule has 6 heteroatoms. The quantitative estimate of drug-likeness (QED) is 0.455. The molecule has 0 amide bonds. The van der Waals surface area contributed by atoms with Gasteiger partial charge < -0.3 is 11.1 Å². The maximum absolute atomic E-state index is 6.49. The molecule has 5 rings (SSSR count). The average Bonchev–Trinajstić information content (AvgIpc) is 3.18. The van der Waals surface area contributed by atoms with E-state index >= 15 is 0 Å². The number of rotatable bonds is 6. The molecule has 1 aliphatic rings. The van der Waals surface area contributed by atoms with Crippen molar-refractivity contribution in [3.63, 3.8) is 0 Å². The molecule has 0 spiro atoms. The lowest BCUT2D eigenvalue weighted by molar-refractivity contribution is 0.695. The summed E-state index contributed by atoms with van der Waals surface area (Å²) in [6, 6.07) is 12.5. The Bertz CT molecular complexity index is 1180. The van der Waals surface area contributed by atoms with Crippen LogP contribution in [0.5, 0.6) is 0 Å². The Balaban J connectivity index is 1.45. The molecule has 3 heterocycles. The highest BCUT2D eigenvalue weighted by molar-refractivity contribution is 7.19. The van der Waals surface area contributed by atoms with Gasteiger partial charge in [-0.05, 0) is 62.3 Å². The van der Waals surface area contributed by atoms with Crippen molar-refractivity contribution in [1.29, 1.82) is 0 Å². The number of anilines is 1. The average molecular weight is 430 g/mol. The topological polar surface area (TPSA) is 76.7 Å². The van der Waals surface area contributed by atoms with Gasteiger partial charge in [0.15, 0.2) is 5.82 Å². The first-order valence-electron chi connectivity index (χ1n) is 10.9. The highest BCUT2D eigenvalue weighted by Crippen LogP contribution is 2.39. The number of aromatic nitrogens is 3. The van der Waals surface area contributed by atoms with Gasteiger partial charge in [0.1, 0.15) is 10.6 Å². The van der Waals surface area contributed by atoms with Crippen LogP contribution >= 0.6 is 11.3 Å². The molecule has 0 aliphatic heterocycles. The molecule has 4 aromatic rings. The van der Waals surface area contributed by atoms with Crippen LogP contribution in [0.1, 0.15) is 34.4 Å². The van der Waals surface area contributed by atoms with Crippen molar-refractivity contribution < 1.29 is 0 Å². The van der Waals surface area contributed by atoms with Crippen molar-refractivity contribution in [1.82, 2.24) is 15.0 Å². The molecule has 1 aromatic carbocycles. The fourth-order valence-corrected chi connectivity index (χ4v) is 5.50. The van der Waals surface area contributed by atoms with Gasteiger partial charge in [-0.3, -0.25) is 4.98 Å². The molecule has 0 bridgehead atoms. The Morgan fingerprint density at radius 2 is 1.81 bits per heavy atom. The number of thiophene rings is 1. The minimum absolute atomic E-state index is 0.00607. The van der Waals surface area contributed by atoms with Crippen LogP contribution in [-0.4, -0.2) is 27.5 Å². The van der Waals surface area contributed by atoms with Gasteiger partial charge >= 0.3 is 0 Å². The summed E-state index contributed by atoms with van der Waals surface area (Å²) in [7, 11) is 0. The van der Waals surface area contributed by atoms with E-state index in [-0.39, 0.29) is 6.04 Å². The molecule has 1 unspecified atom stereocenters. The number of fused-ring (bicyclic) bond motifs is 3. The summed E-state index contributed by atoms with van der Waals surface area (Å²) in [5.41, 5.74) is 11.4. The van der Waals surface area contributed by atoms with Crippen molar-refractivity contribution >= 4 is 27.4 Å². The van der Waals surface area contributed by atoms with Gasteiger partial charge in [0.2, 0.25) is 0 Å². The minimum atomic E-state index is 0.00607. The molecular weight excluding hydrogens is 402 g/mol. The number of aryl methyl sites for hydroxylation is 3. The maximum atomic E-state index is 6.49. The molecule has 3 N–H and O–H groups in total. The second-order valence-corrected chi connectivity index (χ2v) is 9.44. The summed E-state index contributed by atoms with van der Waals surface area (Å²) < 4.78 is 0. The third-order valence-electron chi connectivity index (χ3n) is 5.90. The zero-order valence-corrected chi connectivity index (χ0v) is 18.6. The second kappa shape index (κ2) is 8.73. The van der Waals surface area contributed by atoms with Gasteiger partial charge in [-0.2, -0.15) is 0 Å². The Morgan fingerprint density at radius 3 is 2.61 bits per heavy atom. The largest absolute Gasteiger partial charge is 0.368 e. The van der Waals surface area contributed by atoms with E-state index in [0.717, 1.165) is 41.3 Å². The first-order chi connectivity index (χ1) is 15.2. The van der Waals surface area contributed by atoms with Crippen molar-refractivity contribution in [3.05, 3.63) is 70.4 Å². The van der Waals surface area contributed by atoms with Gasteiger partial charge in [0.05, 0.1) is 5.39 Å². The summed E-state index contributed by atoms with van der Waals surface area (Å²) >= 11 is 1.82. The van der Waals surface area contributed by atoms with Crippen LogP contribution in [0.3, 0.4) is 0 Å².